The zero-order chi connectivity index (χ0) is 13.0. The van der Waals surface area contributed by atoms with E-state index in [-0.39, 0.29) is 11.4 Å². The molecule has 0 bridgehead atoms. The van der Waals surface area contributed by atoms with Gasteiger partial charge in [-0.05, 0) is 30.3 Å². The van der Waals surface area contributed by atoms with Crippen LogP contribution in [0.3, 0.4) is 0 Å². The van der Waals surface area contributed by atoms with Crippen LogP contribution in [0.5, 0.6) is 0 Å². The Morgan fingerprint density at radius 2 is 2.00 bits per heavy atom. The highest BCUT2D eigenvalue weighted by molar-refractivity contribution is 5.85. The van der Waals surface area contributed by atoms with Crippen LogP contribution >= 0.6 is 0 Å². The zero-order valence-electron chi connectivity index (χ0n) is 9.72. The Balaban J connectivity index is 2.33. The smallest absolute Gasteiger partial charge is 0.267 e. The number of benzene rings is 2. The van der Waals surface area contributed by atoms with Crippen LogP contribution in [0, 0.1) is 5.82 Å². The van der Waals surface area contributed by atoms with Gasteiger partial charge in [-0.3, -0.25) is 4.79 Å². The van der Waals surface area contributed by atoms with E-state index < -0.39 is 0 Å². The Morgan fingerprint density at radius 1 is 1.16 bits per heavy atom. The molecule has 4 rings (SSSR count). The van der Waals surface area contributed by atoms with Crippen LogP contribution in [0.25, 0.3) is 27.7 Å². The molecular weight excluding hydrogens is 245 g/mol. The van der Waals surface area contributed by atoms with Gasteiger partial charge in [0, 0.05) is 0 Å². The SMILES string of the molecule is O=c1c2ccccc2nc2[nH]c3cc(F)ccc3n12. The van der Waals surface area contributed by atoms with E-state index in [2.05, 4.69) is 9.97 Å². The lowest BCUT2D eigenvalue weighted by Crippen LogP contribution is -2.13. The zero-order valence-corrected chi connectivity index (χ0v) is 9.72. The molecule has 0 aliphatic rings. The molecule has 0 unspecified atom stereocenters. The Kier molecular flexibility index (Phi) is 1.84. The fraction of sp³-hybridized carbons (Fsp3) is 0. The third kappa shape index (κ3) is 1.32. The van der Waals surface area contributed by atoms with Gasteiger partial charge in [0.1, 0.15) is 5.82 Å². The van der Waals surface area contributed by atoms with Crippen molar-refractivity contribution in [1.29, 1.82) is 0 Å². The van der Waals surface area contributed by atoms with E-state index in [0.29, 0.717) is 27.7 Å². The molecule has 1 N–H and O–H groups in total. The van der Waals surface area contributed by atoms with Crippen molar-refractivity contribution >= 4 is 27.7 Å². The molecule has 0 aliphatic heterocycles. The first-order valence-electron chi connectivity index (χ1n) is 5.83. The predicted molar refractivity (Wildman–Crippen MR) is 70.8 cm³/mol. The second kappa shape index (κ2) is 3.41. The minimum Gasteiger partial charge on any atom is -0.323 e. The van der Waals surface area contributed by atoms with E-state index >= 15 is 0 Å². The summed E-state index contributed by atoms with van der Waals surface area (Å²) in [6.45, 7) is 0. The number of fused-ring (bicyclic) bond motifs is 4. The fourth-order valence-corrected chi connectivity index (χ4v) is 2.36. The minimum absolute atomic E-state index is 0.154. The second-order valence-corrected chi connectivity index (χ2v) is 4.38. The molecule has 4 nitrogen and oxygen atoms in total. The highest BCUT2D eigenvalue weighted by atomic mass is 19.1. The lowest BCUT2D eigenvalue weighted by atomic mass is 10.2. The molecule has 92 valence electrons. The normalized spacial score (nSPS) is 11.6. The topological polar surface area (TPSA) is 50.2 Å². The largest absolute Gasteiger partial charge is 0.323 e. The van der Waals surface area contributed by atoms with Crippen molar-refractivity contribution in [3.05, 3.63) is 58.6 Å². The number of H-pyrrole nitrogens is 1. The molecule has 2 aromatic heterocycles. The van der Waals surface area contributed by atoms with Crippen molar-refractivity contribution < 1.29 is 4.39 Å². The maximum atomic E-state index is 13.2. The molecule has 4 aromatic rings. The summed E-state index contributed by atoms with van der Waals surface area (Å²) in [6.07, 6.45) is 0. The quantitative estimate of drug-likeness (QED) is 0.523. The van der Waals surface area contributed by atoms with Gasteiger partial charge >= 0.3 is 0 Å². The van der Waals surface area contributed by atoms with E-state index in [1.807, 2.05) is 6.07 Å². The molecule has 0 atom stereocenters. The first-order chi connectivity index (χ1) is 9.24. The Hall–Kier alpha value is -2.69. The summed E-state index contributed by atoms with van der Waals surface area (Å²) in [4.78, 5) is 19.8. The predicted octanol–water partition coefficient (Wildman–Crippen LogP) is 2.47. The van der Waals surface area contributed by atoms with Gasteiger partial charge in [0.25, 0.3) is 5.56 Å². The van der Waals surface area contributed by atoms with Crippen LogP contribution < -0.4 is 5.56 Å². The number of para-hydroxylation sites is 1. The lowest BCUT2D eigenvalue weighted by molar-refractivity contribution is 0.629. The first kappa shape index (κ1) is 10.3. The number of rotatable bonds is 0. The van der Waals surface area contributed by atoms with Gasteiger partial charge in [0.05, 0.1) is 21.9 Å². The molecule has 2 heterocycles. The number of hydrogen-bond donors (Lipinski definition) is 1. The van der Waals surface area contributed by atoms with Gasteiger partial charge in [-0.15, -0.1) is 0 Å². The number of aromatic nitrogens is 3. The van der Waals surface area contributed by atoms with Gasteiger partial charge in [0.15, 0.2) is 0 Å². The van der Waals surface area contributed by atoms with Gasteiger partial charge in [-0.1, -0.05) is 12.1 Å². The van der Waals surface area contributed by atoms with E-state index in [1.165, 1.54) is 16.5 Å². The number of nitrogens with one attached hydrogen (secondary N) is 1. The number of imidazole rings is 1. The van der Waals surface area contributed by atoms with Gasteiger partial charge in [-0.25, -0.2) is 13.8 Å². The van der Waals surface area contributed by atoms with Gasteiger partial charge in [-0.2, -0.15) is 0 Å². The van der Waals surface area contributed by atoms with Crippen LogP contribution in [0.15, 0.2) is 47.3 Å². The number of aromatic amines is 1. The maximum absolute atomic E-state index is 13.2. The Labute approximate surface area is 106 Å². The average molecular weight is 253 g/mol. The second-order valence-electron chi connectivity index (χ2n) is 4.38. The van der Waals surface area contributed by atoms with Gasteiger partial charge < -0.3 is 4.98 Å². The summed E-state index contributed by atoms with van der Waals surface area (Å²) in [6, 6.07) is 11.4. The summed E-state index contributed by atoms with van der Waals surface area (Å²) in [5.41, 5.74) is 1.65. The van der Waals surface area contributed by atoms with Crippen molar-refractivity contribution in [2.75, 3.05) is 0 Å². The molecule has 0 spiro atoms. The molecule has 0 saturated carbocycles. The lowest BCUT2D eigenvalue weighted by Gasteiger charge is -1.98. The third-order valence-electron chi connectivity index (χ3n) is 3.22. The highest BCUT2D eigenvalue weighted by Crippen LogP contribution is 2.17. The summed E-state index contributed by atoms with van der Waals surface area (Å²) in [7, 11) is 0. The molecule has 2 aromatic carbocycles. The number of halogens is 1. The molecule has 0 amide bonds. The summed E-state index contributed by atoms with van der Waals surface area (Å²) < 4.78 is 14.7. The van der Waals surface area contributed by atoms with Crippen LogP contribution in [-0.4, -0.2) is 14.4 Å². The van der Waals surface area contributed by atoms with Crippen molar-refractivity contribution in [3.8, 4) is 0 Å². The van der Waals surface area contributed by atoms with Crippen LogP contribution in [0.4, 0.5) is 4.39 Å². The molecule has 5 heteroatoms. The number of hydrogen-bond acceptors (Lipinski definition) is 2. The minimum atomic E-state index is -0.350. The fourth-order valence-electron chi connectivity index (χ4n) is 2.36. The first-order valence-corrected chi connectivity index (χ1v) is 5.83. The summed E-state index contributed by atoms with van der Waals surface area (Å²) in [5, 5.41) is 0.547. The van der Waals surface area contributed by atoms with Crippen LogP contribution in [0.2, 0.25) is 0 Å². The maximum Gasteiger partial charge on any atom is 0.267 e. The van der Waals surface area contributed by atoms with Crippen LogP contribution in [-0.2, 0) is 0 Å². The van der Waals surface area contributed by atoms with Crippen molar-refractivity contribution in [1.82, 2.24) is 14.4 Å². The van der Waals surface area contributed by atoms with E-state index in [9.17, 15) is 9.18 Å². The van der Waals surface area contributed by atoms with Crippen molar-refractivity contribution in [2.24, 2.45) is 0 Å². The standard InChI is InChI=1S/C14H8FN3O/c15-8-5-6-12-11(7-8)17-14-16-10-4-2-1-3-9(10)13(19)18(12)14/h1-7H,(H,16,17). The monoisotopic (exact) mass is 253 g/mol. The van der Waals surface area contributed by atoms with Gasteiger partial charge in [0.2, 0.25) is 5.78 Å². The van der Waals surface area contributed by atoms with E-state index in [0.717, 1.165) is 0 Å². The van der Waals surface area contributed by atoms with Crippen molar-refractivity contribution in [2.45, 2.75) is 0 Å². The summed E-state index contributed by atoms with van der Waals surface area (Å²) >= 11 is 0. The molecule has 0 radical (unpaired) electrons. The Morgan fingerprint density at radius 3 is 2.89 bits per heavy atom. The van der Waals surface area contributed by atoms with Crippen molar-refractivity contribution in [3.63, 3.8) is 0 Å². The van der Waals surface area contributed by atoms with Crippen LogP contribution in [0.1, 0.15) is 0 Å². The molecule has 19 heavy (non-hydrogen) atoms. The summed E-state index contributed by atoms with van der Waals surface area (Å²) in [5.74, 6) is 0.0703. The average Bonchev–Trinajstić information content (AvgIpc) is 2.76. The third-order valence-corrected chi connectivity index (χ3v) is 3.22. The number of nitrogens with zero attached hydrogens (tertiary/aromatic N) is 2. The molecule has 0 aliphatic carbocycles. The molecule has 0 saturated heterocycles. The van der Waals surface area contributed by atoms with E-state index in [1.54, 1.807) is 24.3 Å². The van der Waals surface area contributed by atoms with E-state index in [4.69, 9.17) is 0 Å². The molecule has 0 fully saturated rings. The Bertz CT molecular complexity index is 1000. The molecular formula is C14H8FN3O. The highest BCUT2D eigenvalue weighted by Gasteiger charge is 2.10.